The van der Waals surface area contributed by atoms with Crippen LogP contribution in [0.1, 0.15) is 10.4 Å². The molecular formula is C16H14ClN3OS. The lowest BCUT2D eigenvalue weighted by molar-refractivity contribution is -0.115. The number of hydrogen-bond donors (Lipinski definition) is 1. The molecule has 4 nitrogen and oxygen atoms in total. The SMILES string of the molecule is O=C(Cc1cccs1)Nc1ccnn1Cc1ccc(Cl)cc1. The van der Waals surface area contributed by atoms with Gasteiger partial charge in [-0.2, -0.15) is 5.10 Å². The van der Waals surface area contributed by atoms with Gasteiger partial charge in [-0.15, -0.1) is 11.3 Å². The van der Waals surface area contributed by atoms with Crippen LogP contribution >= 0.6 is 22.9 Å². The Kier molecular flexibility index (Phi) is 4.56. The third kappa shape index (κ3) is 3.75. The Balaban J connectivity index is 1.66. The van der Waals surface area contributed by atoms with Crippen molar-refractivity contribution in [2.75, 3.05) is 5.32 Å². The quantitative estimate of drug-likeness (QED) is 0.772. The number of carbonyl (C=O) groups excluding carboxylic acids is 1. The molecule has 1 amide bonds. The summed E-state index contributed by atoms with van der Waals surface area (Å²) in [5.74, 6) is 0.650. The summed E-state index contributed by atoms with van der Waals surface area (Å²) in [5.41, 5.74) is 1.07. The number of amides is 1. The summed E-state index contributed by atoms with van der Waals surface area (Å²) in [4.78, 5) is 13.1. The second-order valence-corrected chi connectivity index (χ2v) is 6.27. The maximum Gasteiger partial charge on any atom is 0.230 e. The van der Waals surface area contributed by atoms with Gasteiger partial charge in [-0.25, -0.2) is 4.68 Å². The molecule has 22 heavy (non-hydrogen) atoms. The molecule has 0 saturated carbocycles. The number of carbonyl (C=O) groups is 1. The zero-order valence-electron chi connectivity index (χ0n) is 11.7. The molecule has 0 saturated heterocycles. The van der Waals surface area contributed by atoms with Crippen LogP contribution < -0.4 is 5.32 Å². The van der Waals surface area contributed by atoms with Crippen molar-refractivity contribution < 1.29 is 4.79 Å². The maximum absolute atomic E-state index is 12.1. The topological polar surface area (TPSA) is 46.9 Å². The summed E-state index contributed by atoms with van der Waals surface area (Å²) in [6.45, 7) is 0.582. The van der Waals surface area contributed by atoms with E-state index < -0.39 is 0 Å². The number of nitrogens with one attached hydrogen (secondary N) is 1. The lowest BCUT2D eigenvalue weighted by Crippen LogP contribution is -2.17. The van der Waals surface area contributed by atoms with Crippen LogP contribution in [-0.4, -0.2) is 15.7 Å². The van der Waals surface area contributed by atoms with Gasteiger partial charge in [0.25, 0.3) is 0 Å². The van der Waals surface area contributed by atoms with Gasteiger partial charge in [-0.05, 0) is 29.1 Å². The number of rotatable bonds is 5. The molecule has 0 aliphatic rings. The lowest BCUT2D eigenvalue weighted by atomic mass is 10.2. The third-order valence-electron chi connectivity index (χ3n) is 3.14. The summed E-state index contributed by atoms with van der Waals surface area (Å²) >= 11 is 7.46. The van der Waals surface area contributed by atoms with E-state index in [1.54, 1.807) is 28.3 Å². The molecule has 0 aliphatic heterocycles. The van der Waals surface area contributed by atoms with Crippen molar-refractivity contribution >= 4 is 34.7 Å². The Morgan fingerprint density at radius 1 is 1.23 bits per heavy atom. The van der Waals surface area contributed by atoms with Gasteiger partial charge in [-0.1, -0.05) is 29.8 Å². The van der Waals surface area contributed by atoms with Gasteiger partial charge in [-0.3, -0.25) is 4.79 Å². The normalized spacial score (nSPS) is 10.6. The highest BCUT2D eigenvalue weighted by atomic mass is 35.5. The second-order valence-electron chi connectivity index (χ2n) is 4.80. The molecule has 0 spiro atoms. The van der Waals surface area contributed by atoms with Crippen molar-refractivity contribution in [3.05, 3.63) is 69.5 Å². The zero-order valence-corrected chi connectivity index (χ0v) is 13.3. The highest BCUT2D eigenvalue weighted by Gasteiger charge is 2.09. The molecule has 2 heterocycles. The van der Waals surface area contributed by atoms with Gasteiger partial charge in [0.2, 0.25) is 5.91 Å². The van der Waals surface area contributed by atoms with E-state index in [9.17, 15) is 4.79 Å². The minimum atomic E-state index is -0.0414. The van der Waals surface area contributed by atoms with Crippen LogP contribution in [0, 0.1) is 0 Å². The van der Waals surface area contributed by atoms with E-state index in [2.05, 4.69) is 10.4 Å². The van der Waals surface area contributed by atoms with Crippen molar-refractivity contribution in [2.45, 2.75) is 13.0 Å². The Morgan fingerprint density at radius 2 is 2.05 bits per heavy atom. The summed E-state index contributed by atoms with van der Waals surface area (Å²) in [6, 6.07) is 13.3. The second kappa shape index (κ2) is 6.77. The van der Waals surface area contributed by atoms with E-state index in [-0.39, 0.29) is 5.91 Å². The van der Waals surface area contributed by atoms with E-state index in [1.807, 2.05) is 41.8 Å². The van der Waals surface area contributed by atoms with Crippen molar-refractivity contribution in [3.63, 3.8) is 0 Å². The number of halogens is 1. The van der Waals surface area contributed by atoms with Gasteiger partial charge in [0, 0.05) is 16.0 Å². The average molecular weight is 332 g/mol. The Morgan fingerprint density at radius 3 is 2.77 bits per heavy atom. The molecule has 0 aliphatic carbocycles. The number of thiophene rings is 1. The molecule has 0 unspecified atom stereocenters. The summed E-state index contributed by atoms with van der Waals surface area (Å²) in [7, 11) is 0. The van der Waals surface area contributed by atoms with E-state index in [4.69, 9.17) is 11.6 Å². The Hall–Kier alpha value is -2.11. The van der Waals surface area contributed by atoms with Gasteiger partial charge >= 0.3 is 0 Å². The van der Waals surface area contributed by atoms with Crippen molar-refractivity contribution in [2.24, 2.45) is 0 Å². The molecule has 3 rings (SSSR count). The Bertz CT molecular complexity index is 750. The smallest absolute Gasteiger partial charge is 0.230 e. The number of aromatic nitrogens is 2. The standard InChI is InChI=1S/C16H14ClN3OS/c17-13-5-3-12(4-6-13)11-20-15(7-8-18-20)19-16(21)10-14-2-1-9-22-14/h1-9H,10-11H2,(H,19,21). The molecule has 0 atom stereocenters. The first-order valence-corrected chi connectivity index (χ1v) is 8.05. The summed E-state index contributed by atoms with van der Waals surface area (Å²) < 4.78 is 1.76. The molecule has 6 heteroatoms. The first-order valence-electron chi connectivity index (χ1n) is 6.79. The third-order valence-corrected chi connectivity index (χ3v) is 4.27. The molecule has 0 radical (unpaired) electrons. The van der Waals surface area contributed by atoms with Crippen LogP contribution in [0.2, 0.25) is 5.02 Å². The van der Waals surface area contributed by atoms with E-state index in [1.165, 1.54) is 0 Å². The molecule has 0 fully saturated rings. The van der Waals surface area contributed by atoms with Gasteiger partial charge in [0.05, 0.1) is 19.2 Å². The summed E-state index contributed by atoms with van der Waals surface area (Å²) in [6.07, 6.45) is 2.06. The molecule has 3 aromatic rings. The van der Waals surface area contributed by atoms with Crippen molar-refractivity contribution in [1.82, 2.24) is 9.78 Å². The number of anilines is 1. The van der Waals surface area contributed by atoms with Crippen LogP contribution in [-0.2, 0) is 17.8 Å². The van der Waals surface area contributed by atoms with E-state index >= 15 is 0 Å². The molecule has 1 aromatic carbocycles. The van der Waals surface area contributed by atoms with E-state index in [0.717, 1.165) is 10.4 Å². The predicted molar refractivity (Wildman–Crippen MR) is 89.4 cm³/mol. The van der Waals surface area contributed by atoms with Crippen molar-refractivity contribution in [1.29, 1.82) is 0 Å². The fourth-order valence-electron chi connectivity index (χ4n) is 2.09. The molecule has 1 N–H and O–H groups in total. The molecule has 112 valence electrons. The fraction of sp³-hybridized carbons (Fsp3) is 0.125. The van der Waals surface area contributed by atoms with Crippen LogP contribution in [0.5, 0.6) is 0 Å². The highest BCUT2D eigenvalue weighted by molar-refractivity contribution is 7.10. The highest BCUT2D eigenvalue weighted by Crippen LogP contribution is 2.15. The maximum atomic E-state index is 12.1. The fourth-order valence-corrected chi connectivity index (χ4v) is 2.92. The largest absolute Gasteiger partial charge is 0.311 e. The minimum absolute atomic E-state index is 0.0414. The molecule has 0 bridgehead atoms. The van der Waals surface area contributed by atoms with Gasteiger partial charge < -0.3 is 5.32 Å². The molecule has 2 aromatic heterocycles. The van der Waals surface area contributed by atoms with Crippen LogP contribution in [0.25, 0.3) is 0 Å². The van der Waals surface area contributed by atoms with Crippen molar-refractivity contribution in [3.8, 4) is 0 Å². The van der Waals surface area contributed by atoms with Crippen LogP contribution in [0.15, 0.2) is 54.0 Å². The van der Waals surface area contributed by atoms with E-state index in [0.29, 0.717) is 23.8 Å². The monoisotopic (exact) mass is 331 g/mol. The zero-order chi connectivity index (χ0) is 15.4. The van der Waals surface area contributed by atoms with Gasteiger partial charge in [0.15, 0.2) is 0 Å². The molecular weight excluding hydrogens is 318 g/mol. The first kappa shape index (κ1) is 14.8. The van der Waals surface area contributed by atoms with Gasteiger partial charge in [0.1, 0.15) is 5.82 Å². The minimum Gasteiger partial charge on any atom is -0.311 e. The summed E-state index contributed by atoms with van der Waals surface area (Å²) in [5, 5.41) is 9.83. The van der Waals surface area contributed by atoms with Crippen LogP contribution in [0.4, 0.5) is 5.82 Å². The first-order chi connectivity index (χ1) is 10.7. The Labute approximate surface area is 137 Å². The predicted octanol–water partition coefficient (Wildman–Crippen LogP) is 3.83. The number of benzene rings is 1. The number of hydrogen-bond acceptors (Lipinski definition) is 3. The lowest BCUT2D eigenvalue weighted by Gasteiger charge is -2.09. The average Bonchev–Trinajstić information content (AvgIpc) is 3.14. The number of nitrogens with zero attached hydrogens (tertiary/aromatic N) is 2. The van der Waals surface area contributed by atoms with Crippen LogP contribution in [0.3, 0.4) is 0 Å².